The van der Waals surface area contributed by atoms with Crippen molar-refractivity contribution in [3.05, 3.63) is 10.6 Å². The third-order valence-electron chi connectivity index (χ3n) is 2.49. The van der Waals surface area contributed by atoms with Crippen molar-refractivity contribution in [1.82, 2.24) is 19.8 Å². The molecule has 0 atom stereocenters. The van der Waals surface area contributed by atoms with Gasteiger partial charge in [0.05, 0.1) is 5.69 Å². The van der Waals surface area contributed by atoms with E-state index >= 15 is 0 Å². The van der Waals surface area contributed by atoms with Crippen molar-refractivity contribution < 1.29 is 4.79 Å². The number of carbonyl (C=O) groups is 1. The molecule has 0 aliphatic carbocycles. The Balaban J connectivity index is 0.00000128. The second-order valence-corrected chi connectivity index (χ2v) is 4.20. The minimum Gasteiger partial charge on any atom is -0.335 e. The van der Waals surface area contributed by atoms with Crippen LogP contribution in [0.15, 0.2) is 0 Å². The van der Waals surface area contributed by atoms with E-state index in [1.807, 2.05) is 11.8 Å². The molecule has 0 radical (unpaired) electrons. The maximum atomic E-state index is 12.1. The Bertz CT molecular complexity index is 351. The maximum Gasteiger partial charge on any atom is 0.267 e. The van der Waals surface area contributed by atoms with E-state index in [4.69, 9.17) is 0 Å². The number of hydrogen-bond acceptors (Lipinski definition) is 5. The molecule has 5 nitrogen and oxygen atoms in total. The SMILES string of the molecule is CCc1nnsc1C(=O)N1CCNCC1.Cl. The summed E-state index contributed by atoms with van der Waals surface area (Å²) in [6.07, 6.45) is 0.768. The summed E-state index contributed by atoms with van der Waals surface area (Å²) >= 11 is 1.20. The first kappa shape index (κ1) is 13.3. The number of piperazine rings is 1. The number of nitrogens with zero attached hydrogens (tertiary/aromatic N) is 3. The number of halogens is 1. The van der Waals surface area contributed by atoms with Gasteiger partial charge in [0.15, 0.2) is 0 Å². The third-order valence-corrected chi connectivity index (χ3v) is 3.25. The number of nitrogens with one attached hydrogen (secondary N) is 1. The Morgan fingerprint density at radius 3 is 2.81 bits per heavy atom. The third kappa shape index (κ3) is 2.69. The predicted molar refractivity (Wildman–Crippen MR) is 65.3 cm³/mol. The Labute approximate surface area is 105 Å². The summed E-state index contributed by atoms with van der Waals surface area (Å²) in [5.41, 5.74) is 0.823. The molecule has 1 aliphatic heterocycles. The quantitative estimate of drug-likeness (QED) is 0.847. The van der Waals surface area contributed by atoms with Crippen LogP contribution in [-0.2, 0) is 6.42 Å². The smallest absolute Gasteiger partial charge is 0.267 e. The minimum atomic E-state index is 0. The average Bonchev–Trinajstić information content (AvgIpc) is 2.77. The van der Waals surface area contributed by atoms with Crippen LogP contribution in [0, 0.1) is 0 Å². The highest BCUT2D eigenvalue weighted by Gasteiger charge is 2.22. The lowest BCUT2D eigenvalue weighted by molar-refractivity contribution is 0.0739. The van der Waals surface area contributed by atoms with Crippen LogP contribution in [0.4, 0.5) is 0 Å². The number of amides is 1. The molecule has 1 N–H and O–H groups in total. The van der Waals surface area contributed by atoms with E-state index in [2.05, 4.69) is 14.9 Å². The summed E-state index contributed by atoms with van der Waals surface area (Å²) < 4.78 is 3.84. The molecule has 90 valence electrons. The van der Waals surface area contributed by atoms with E-state index in [1.54, 1.807) is 0 Å². The zero-order valence-corrected chi connectivity index (χ0v) is 10.7. The highest BCUT2D eigenvalue weighted by atomic mass is 35.5. The van der Waals surface area contributed by atoms with Crippen molar-refractivity contribution in [3.63, 3.8) is 0 Å². The number of carbonyl (C=O) groups excluding carboxylic acids is 1. The molecule has 1 amide bonds. The Morgan fingerprint density at radius 2 is 2.19 bits per heavy atom. The molecule has 1 aromatic heterocycles. The van der Waals surface area contributed by atoms with Gasteiger partial charge in [0.25, 0.3) is 5.91 Å². The molecule has 1 aliphatic rings. The van der Waals surface area contributed by atoms with Crippen molar-refractivity contribution in [1.29, 1.82) is 0 Å². The average molecular weight is 263 g/mol. The highest BCUT2D eigenvalue weighted by Crippen LogP contribution is 2.14. The molecule has 0 spiro atoms. The van der Waals surface area contributed by atoms with Gasteiger partial charge in [0, 0.05) is 26.2 Å². The summed E-state index contributed by atoms with van der Waals surface area (Å²) in [5, 5.41) is 7.18. The van der Waals surface area contributed by atoms with Gasteiger partial charge in [-0.3, -0.25) is 4.79 Å². The maximum absolute atomic E-state index is 12.1. The number of aromatic nitrogens is 2. The first-order valence-corrected chi connectivity index (χ1v) is 5.91. The number of rotatable bonds is 2. The van der Waals surface area contributed by atoms with Gasteiger partial charge in [-0.15, -0.1) is 17.5 Å². The van der Waals surface area contributed by atoms with E-state index in [-0.39, 0.29) is 18.3 Å². The zero-order valence-electron chi connectivity index (χ0n) is 9.10. The normalized spacial score (nSPS) is 15.7. The zero-order chi connectivity index (χ0) is 10.7. The van der Waals surface area contributed by atoms with Gasteiger partial charge < -0.3 is 10.2 Å². The molecule has 7 heteroatoms. The van der Waals surface area contributed by atoms with Crippen LogP contribution < -0.4 is 5.32 Å². The lowest BCUT2D eigenvalue weighted by Gasteiger charge is -2.26. The fourth-order valence-corrected chi connectivity index (χ4v) is 2.33. The van der Waals surface area contributed by atoms with Crippen LogP contribution in [0.3, 0.4) is 0 Å². The van der Waals surface area contributed by atoms with Gasteiger partial charge in [-0.2, -0.15) is 0 Å². The summed E-state index contributed by atoms with van der Waals surface area (Å²) in [6.45, 7) is 5.30. The van der Waals surface area contributed by atoms with Crippen molar-refractivity contribution in [2.45, 2.75) is 13.3 Å². The molecule has 1 saturated heterocycles. The highest BCUT2D eigenvalue weighted by molar-refractivity contribution is 7.08. The molecule has 2 heterocycles. The van der Waals surface area contributed by atoms with Gasteiger partial charge in [-0.1, -0.05) is 11.4 Å². The first-order chi connectivity index (χ1) is 7.33. The predicted octanol–water partition coefficient (Wildman–Crippen LogP) is 0.568. The van der Waals surface area contributed by atoms with Gasteiger partial charge in [0.2, 0.25) is 0 Å². The van der Waals surface area contributed by atoms with E-state index in [0.717, 1.165) is 38.3 Å². The molecular formula is C9H15ClN4OS. The molecule has 1 aromatic rings. The van der Waals surface area contributed by atoms with Crippen LogP contribution in [0.1, 0.15) is 22.3 Å². The van der Waals surface area contributed by atoms with Crippen molar-refractivity contribution in [2.75, 3.05) is 26.2 Å². The fraction of sp³-hybridized carbons (Fsp3) is 0.667. The fourth-order valence-electron chi connectivity index (χ4n) is 1.61. The van der Waals surface area contributed by atoms with Crippen LogP contribution in [0.2, 0.25) is 0 Å². The van der Waals surface area contributed by atoms with E-state index in [1.165, 1.54) is 11.5 Å². The first-order valence-electron chi connectivity index (χ1n) is 5.14. The van der Waals surface area contributed by atoms with Gasteiger partial charge >= 0.3 is 0 Å². The lowest BCUT2D eigenvalue weighted by atomic mass is 10.2. The summed E-state index contributed by atoms with van der Waals surface area (Å²) in [7, 11) is 0. The standard InChI is InChI=1S/C9H14N4OS.ClH/c1-2-7-8(15-12-11-7)9(14)13-5-3-10-4-6-13;/h10H,2-6H2,1H3;1H. The molecule has 16 heavy (non-hydrogen) atoms. The Kier molecular flexibility index (Phi) is 5.11. The van der Waals surface area contributed by atoms with Crippen LogP contribution in [0.25, 0.3) is 0 Å². The Hall–Kier alpha value is -0.720. The minimum absolute atomic E-state index is 0. The van der Waals surface area contributed by atoms with Crippen molar-refractivity contribution >= 4 is 29.8 Å². The van der Waals surface area contributed by atoms with Gasteiger partial charge in [-0.25, -0.2) is 0 Å². The molecular weight excluding hydrogens is 248 g/mol. The molecule has 0 bridgehead atoms. The monoisotopic (exact) mass is 262 g/mol. The molecule has 0 saturated carbocycles. The van der Waals surface area contributed by atoms with Crippen LogP contribution >= 0.6 is 23.9 Å². The second kappa shape index (κ2) is 6.12. The van der Waals surface area contributed by atoms with Crippen molar-refractivity contribution in [3.8, 4) is 0 Å². The number of hydrogen-bond donors (Lipinski definition) is 1. The summed E-state index contributed by atoms with van der Waals surface area (Å²) in [5.74, 6) is 0.0864. The van der Waals surface area contributed by atoms with Gasteiger partial charge in [0.1, 0.15) is 4.88 Å². The van der Waals surface area contributed by atoms with Crippen molar-refractivity contribution in [2.24, 2.45) is 0 Å². The summed E-state index contributed by atoms with van der Waals surface area (Å²) in [6, 6.07) is 0. The second-order valence-electron chi connectivity index (χ2n) is 3.44. The van der Waals surface area contributed by atoms with Gasteiger partial charge in [-0.05, 0) is 18.0 Å². The largest absolute Gasteiger partial charge is 0.335 e. The van der Waals surface area contributed by atoms with E-state index in [0.29, 0.717) is 4.88 Å². The molecule has 2 rings (SSSR count). The topological polar surface area (TPSA) is 58.1 Å². The van der Waals surface area contributed by atoms with E-state index < -0.39 is 0 Å². The molecule has 0 aromatic carbocycles. The van der Waals surface area contributed by atoms with E-state index in [9.17, 15) is 4.79 Å². The number of aryl methyl sites for hydroxylation is 1. The Morgan fingerprint density at radius 1 is 1.50 bits per heavy atom. The van der Waals surface area contributed by atoms with Crippen LogP contribution in [-0.4, -0.2) is 46.6 Å². The summed E-state index contributed by atoms with van der Waals surface area (Å²) in [4.78, 5) is 14.6. The van der Waals surface area contributed by atoms with Crippen LogP contribution in [0.5, 0.6) is 0 Å². The lowest BCUT2D eigenvalue weighted by Crippen LogP contribution is -2.46. The molecule has 0 unspecified atom stereocenters. The molecule has 1 fully saturated rings.